The van der Waals surface area contributed by atoms with Gasteiger partial charge in [-0.1, -0.05) is 36.4 Å². The molecule has 0 aliphatic heterocycles. The molecule has 2 aromatic carbocycles. The molecule has 0 heterocycles. The van der Waals surface area contributed by atoms with Gasteiger partial charge in [0, 0.05) is 0 Å². The number of benzene rings is 2. The molecular formula is C12H11BFIO2. The lowest BCUT2D eigenvalue weighted by atomic mass is 10.2. The Hall–Kier alpha value is -1.24. The molecule has 0 N–H and O–H groups in total. The summed E-state index contributed by atoms with van der Waals surface area (Å²) < 4.78 is 23.2. The minimum absolute atomic E-state index is 0. The van der Waals surface area contributed by atoms with Crippen LogP contribution in [0.4, 0.5) is 4.32 Å². The average molecular weight is 344 g/mol. The Morgan fingerprint density at radius 2 is 1.06 bits per heavy atom. The fourth-order valence-corrected chi connectivity index (χ4v) is 1.24. The number of hydrogen-bond donors (Lipinski definition) is 0. The van der Waals surface area contributed by atoms with Crippen LogP contribution < -0.4 is 9.31 Å². The summed E-state index contributed by atoms with van der Waals surface area (Å²) in [7, 11) is -1.80. The maximum absolute atomic E-state index is 13.3. The van der Waals surface area contributed by atoms with Crippen LogP contribution in [0.1, 0.15) is 0 Å². The summed E-state index contributed by atoms with van der Waals surface area (Å²) in [6.07, 6.45) is 0. The predicted molar refractivity (Wildman–Crippen MR) is 76.4 cm³/mol. The molecule has 2 nitrogen and oxygen atoms in total. The van der Waals surface area contributed by atoms with Crippen molar-refractivity contribution in [2.45, 2.75) is 0 Å². The second kappa shape index (κ2) is 7.16. The third-order valence-electron chi connectivity index (χ3n) is 1.94. The summed E-state index contributed by atoms with van der Waals surface area (Å²) in [5.74, 6) is 0.872. The van der Waals surface area contributed by atoms with E-state index in [-0.39, 0.29) is 24.0 Å². The molecule has 2 rings (SSSR count). The SMILES string of the molecule is FB(Oc1ccccc1)Oc1ccccc1.I. The third kappa shape index (κ3) is 4.64. The molecule has 0 amide bonds. The minimum atomic E-state index is -1.80. The monoisotopic (exact) mass is 344 g/mol. The molecule has 2 aromatic rings. The Morgan fingerprint density at radius 3 is 1.41 bits per heavy atom. The highest BCUT2D eigenvalue weighted by Crippen LogP contribution is 2.14. The van der Waals surface area contributed by atoms with Crippen LogP contribution in [0.2, 0.25) is 0 Å². The van der Waals surface area contributed by atoms with Crippen LogP contribution >= 0.6 is 24.0 Å². The molecule has 5 heteroatoms. The van der Waals surface area contributed by atoms with E-state index in [1.54, 1.807) is 48.5 Å². The lowest BCUT2D eigenvalue weighted by Gasteiger charge is -2.08. The number of para-hydroxylation sites is 2. The molecular weight excluding hydrogens is 333 g/mol. The van der Waals surface area contributed by atoms with Crippen molar-refractivity contribution in [3.8, 4) is 11.5 Å². The minimum Gasteiger partial charge on any atom is -0.498 e. The first kappa shape index (κ1) is 13.8. The van der Waals surface area contributed by atoms with Crippen LogP contribution in [0.5, 0.6) is 11.5 Å². The number of hydrogen-bond acceptors (Lipinski definition) is 2. The molecule has 0 aliphatic carbocycles. The number of halogens is 2. The molecule has 88 valence electrons. The molecule has 0 bridgehead atoms. The van der Waals surface area contributed by atoms with Gasteiger partial charge in [0.1, 0.15) is 11.5 Å². The van der Waals surface area contributed by atoms with Gasteiger partial charge in [-0.05, 0) is 24.3 Å². The van der Waals surface area contributed by atoms with Crippen LogP contribution in [0.3, 0.4) is 0 Å². The maximum atomic E-state index is 13.3. The van der Waals surface area contributed by atoms with E-state index in [1.807, 2.05) is 12.1 Å². The molecule has 0 radical (unpaired) electrons. The summed E-state index contributed by atoms with van der Waals surface area (Å²) in [5, 5.41) is 0. The van der Waals surface area contributed by atoms with E-state index in [2.05, 4.69) is 0 Å². The van der Waals surface area contributed by atoms with Gasteiger partial charge in [0.25, 0.3) is 0 Å². The van der Waals surface area contributed by atoms with Crippen LogP contribution in [0.15, 0.2) is 60.7 Å². The first-order chi connectivity index (χ1) is 7.84. The second-order valence-electron chi connectivity index (χ2n) is 3.14. The Morgan fingerprint density at radius 1 is 0.706 bits per heavy atom. The van der Waals surface area contributed by atoms with Gasteiger partial charge in [0.2, 0.25) is 0 Å². The van der Waals surface area contributed by atoms with E-state index in [9.17, 15) is 4.32 Å². The highest BCUT2D eigenvalue weighted by molar-refractivity contribution is 14.0. The van der Waals surface area contributed by atoms with Gasteiger partial charge in [0.15, 0.2) is 0 Å². The van der Waals surface area contributed by atoms with Crippen molar-refractivity contribution < 1.29 is 13.6 Å². The molecule has 0 aliphatic rings. The first-order valence-electron chi connectivity index (χ1n) is 4.92. The molecule has 0 atom stereocenters. The quantitative estimate of drug-likeness (QED) is 0.622. The Kier molecular flexibility index (Phi) is 5.83. The van der Waals surface area contributed by atoms with Crippen molar-refractivity contribution in [2.24, 2.45) is 0 Å². The van der Waals surface area contributed by atoms with Crippen molar-refractivity contribution in [1.29, 1.82) is 0 Å². The van der Waals surface area contributed by atoms with Crippen molar-refractivity contribution in [2.75, 3.05) is 0 Å². The van der Waals surface area contributed by atoms with Gasteiger partial charge in [-0.2, -0.15) is 0 Å². The van der Waals surface area contributed by atoms with Crippen LogP contribution in [-0.2, 0) is 0 Å². The van der Waals surface area contributed by atoms with E-state index in [0.717, 1.165) is 0 Å². The van der Waals surface area contributed by atoms with Crippen LogP contribution in [-0.4, -0.2) is 7.40 Å². The lowest BCUT2D eigenvalue weighted by Crippen LogP contribution is -2.24. The first-order valence-corrected chi connectivity index (χ1v) is 4.92. The average Bonchev–Trinajstić information content (AvgIpc) is 2.31. The summed E-state index contributed by atoms with van der Waals surface area (Å²) in [4.78, 5) is 0. The van der Waals surface area contributed by atoms with Gasteiger partial charge < -0.3 is 9.31 Å². The normalized spacial score (nSPS) is 9.00. The summed E-state index contributed by atoms with van der Waals surface area (Å²) >= 11 is 0. The number of rotatable bonds is 4. The molecule has 0 spiro atoms. The second-order valence-corrected chi connectivity index (χ2v) is 3.14. The zero-order valence-electron chi connectivity index (χ0n) is 8.95. The Balaban J connectivity index is 0.00000144. The Labute approximate surface area is 117 Å². The largest absolute Gasteiger partial charge is 0.830 e. The van der Waals surface area contributed by atoms with Gasteiger partial charge in [0.05, 0.1) is 0 Å². The molecule has 17 heavy (non-hydrogen) atoms. The van der Waals surface area contributed by atoms with E-state index in [0.29, 0.717) is 11.5 Å². The van der Waals surface area contributed by atoms with E-state index in [4.69, 9.17) is 9.31 Å². The van der Waals surface area contributed by atoms with Gasteiger partial charge in [-0.15, -0.1) is 24.0 Å². The lowest BCUT2D eigenvalue weighted by molar-refractivity contribution is 0.359. The predicted octanol–water partition coefficient (Wildman–Crippen LogP) is 3.72. The van der Waals surface area contributed by atoms with Crippen LogP contribution in [0.25, 0.3) is 0 Å². The third-order valence-corrected chi connectivity index (χ3v) is 1.94. The van der Waals surface area contributed by atoms with Crippen molar-refractivity contribution in [3.63, 3.8) is 0 Å². The molecule has 0 fully saturated rings. The van der Waals surface area contributed by atoms with Crippen LogP contribution in [0, 0.1) is 0 Å². The topological polar surface area (TPSA) is 18.5 Å². The molecule has 0 unspecified atom stereocenters. The summed E-state index contributed by atoms with van der Waals surface area (Å²) in [5.41, 5.74) is 0. The van der Waals surface area contributed by atoms with Crippen molar-refractivity contribution in [3.05, 3.63) is 60.7 Å². The van der Waals surface area contributed by atoms with E-state index in [1.165, 1.54) is 0 Å². The van der Waals surface area contributed by atoms with Gasteiger partial charge >= 0.3 is 7.40 Å². The summed E-state index contributed by atoms with van der Waals surface area (Å²) in [6, 6.07) is 17.4. The fourth-order valence-electron chi connectivity index (χ4n) is 1.24. The van der Waals surface area contributed by atoms with E-state index >= 15 is 0 Å². The smallest absolute Gasteiger partial charge is 0.498 e. The van der Waals surface area contributed by atoms with E-state index < -0.39 is 7.40 Å². The maximum Gasteiger partial charge on any atom is 0.830 e. The zero-order chi connectivity index (χ0) is 11.2. The Bertz CT molecular complexity index is 386. The van der Waals surface area contributed by atoms with Gasteiger partial charge in [-0.25, -0.2) is 4.32 Å². The zero-order valence-corrected chi connectivity index (χ0v) is 11.3. The van der Waals surface area contributed by atoms with Gasteiger partial charge in [-0.3, -0.25) is 0 Å². The summed E-state index contributed by atoms with van der Waals surface area (Å²) in [6.45, 7) is 0. The van der Waals surface area contributed by atoms with Crippen molar-refractivity contribution in [1.82, 2.24) is 0 Å². The highest BCUT2D eigenvalue weighted by Gasteiger charge is 2.23. The molecule has 0 aromatic heterocycles. The van der Waals surface area contributed by atoms with Crippen molar-refractivity contribution >= 4 is 31.4 Å². The fraction of sp³-hybridized carbons (Fsp3) is 0. The molecule has 0 saturated heterocycles. The standard InChI is InChI=1S/C12H10BFO2.HI/c14-13(15-11-7-3-1-4-8-11)16-12-9-5-2-6-10-12;/h1-10H;1H. The highest BCUT2D eigenvalue weighted by atomic mass is 127. The molecule has 0 saturated carbocycles.